The van der Waals surface area contributed by atoms with Crippen molar-refractivity contribution in [1.82, 2.24) is 4.98 Å². The molecule has 0 aliphatic rings. The molecule has 0 N–H and O–H groups in total. The smallest absolute Gasteiger partial charge is 0.278 e. The molecular weight excluding hydrogens is 345 g/mol. The van der Waals surface area contributed by atoms with E-state index in [0.717, 1.165) is 14.2 Å². The van der Waals surface area contributed by atoms with Crippen LogP contribution >= 0.6 is 45.5 Å². The lowest BCUT2D eigenvalue weighted by atomic mass is 10.3. The summed E-state index contributed by atoms with van der Waals surface area (Å²) in [5, 5.41) is 0.634. The molecular formula is C10H7ClINOS. The number of alkyl halides is 1. The summed E-state index contributed by atoms with van der Waals surface area (Å²) in [4.78, 5) is 5.14. The van der Waals surface area contributed by atoms with Gasteiger partial charge in [0.25, 0.3) is 5.19 Å². The summed E-state index contributed by atoms with van der Waals surface area (Å²) in [6, 6.07) is 7.82. The minimum atomic E-state index is 0.479. The van der Waals surface area contributed by atoms with Crippen molar-refractivity contribution in [3.05, 3.63) is 38.9 Å². The van der Waals surface area contributed by atoms with E-state index < -0.39 is 0 Å². The molecule has 0 atom stereocenters. The van der Waals surface area contributed by atoms with Crippen LogP contribution in [0.25, 0.3) is 0 Å². The van der Waals surface area contributed by atoms with E-state index in [0.29, 0.717) is 11.1 Å². The lowest BCUT2D eigenvalue weighted by molar-refractivity contribution is 0.475. The van der Waals surface area contributed by atoms with Crippen LogP contribution in [-0.4, -0.2) is 4.98 Å². The maximum absolute atomic E-state index is 5.69. The SMILES string of the molecule is ClCc1cnc(Oc2ccccc2I)s1. The summed E-state index contributed by atoms with van der Waals surface area (Å²) in [5.41, 5.74) is 0. The highest BCUT2D eigenvalue weighted by Crippen LogP contribution is 2.29. The van der Waals surface area contributed by atoms with Gasteiger partial charge >= 0.3 is 0 Å². The number of hydrogen-bond acceptors (Lipinski definition) is 3. The molecule has 0 unspecified atom stereocenters. The van der Waals surface area contributed by atoms with Crippen molar-refractivity contribution in [3.63, 3.8) is 0 Å². The predicted molar refractivity (Wildman–Crippen MR) is 70.9 cm³/mol. The summed E-state index contributed by atoms with van der Waals surface area (Å²) >= 11 is 9.38. The summed E-state index contributed by atoms with van der Waals surface area (Å²) in [5.74, 6) is 1.31. The van der Waals surface area contributed by atoms with Crippen molar-refractivity contribution in [1.29, 1.82) is 0 Å². The fourth-order valence-corrected chi connectivity index (χ4v) is 2.37. The lowest BCUT2D eigenvalue weighted by Gasteiger charge is -2.02. The Bertz CT molecular complexity index is 460. The summed E-state index contributed by atoms with van der Waals surface area (Å²) < 4.78 is 6.70. The number of rotatable bonds is 3. The minimum absolute atomic E-state index is 0.479. The van der Waals surface area contributed by atoms with E-state index in [-0.39, 0.29) is 0 Å². The summed E-state index contributed by atoms with van der Waals surface area (Å²) in [6.07, 6.45) is 1.74. The first-order valence-electron chi connectivity index (χ1n) is 4.22. The van der Waals surface area contributed by atoms with Gasteiger partial charge in [0.05, 0.1) is 9.45 Å². The van der Waals surface area contributed by atoms with Gasteiger partial charge in [0, 0.05) is 11.1 Å². The molecule has 1 aromatic heterocycles. The highest BCUT2D eigenvalue weighted by atomic mass is 127. The fraction of sp³-hybridized carbons (Fsp3) is 0.100. The van der Waals surface area contributed by atoms with E-state index in [1.54, 1.807) is 6.20 Å². The van der Waals surface area contributed by atoms with Crippen LogP contribution in [0.15, 0.2) is 30.5 Å². The number of benzene rings is 1. The zero-order chi connectivity index (χ0) is 10.7. The number of hydrogen-bond donors (Lipinski definition) is 0. The van der Waals surface area contributed by atoms with Crippen molar-refractivity contribution < 1.29 is 4.74 Å². The van der Waals surface area contributed by atoms with Gasteiger partial charge in [-0.15, -0.1) is 11.6 Å². The molecule has 0 bridgehead atoms. The molecule has 2 rings (SSSR count). The molecule has 0 saturated heterocycles. The first-order chi connectivity index (χ1) is 7.29. The molecule has 2 aromatic rings. The van der Waals surface area contributed by atoms with Gasteiger partial charge in [0.15, 0.2) is 0 Å². The van der Waals surface area contributed by atoms with Crippen molar-refractivity contribution in [2.75, 3.05) is 0 Å². The molecule has 15 heavy (non-hydrogen) atoms. The highest BCUT2D eigenvalue weighted by Gasteiger charge is 2.05. The molecule has 0 saturated carbocycles. The first kappa shape index (κ1) is 11.2. The number of para-hydroxylation sites is 1. The van der Waals surface area contributed by atoms with Crippen LogP contribution < -0.4 is 4.74 Å². The molecule has 0 aliphatic heterocycles. The number of ether oxygens (including phenoxy) is 1. The Balaban J connectivity index is 2.18. The predicted octanol–water partition coefficient (Wildman–Crippen LogP) is 4.28. The lowest BCUT2D eigenvalue weighted by Crippen LogP contribution is -1.85. The summed E-state index contributed by atoms with van der Waals surface area (Å²) in [7, 11) is 0. The van der Waals surface area contributed by atoms with Crippen molar-refractivity contribution in [2.45, 2.75) is 5.88 Å². The second kappa shape index (κ2) is 5.14. The third-order valence-corrected chi connectivity index (χ3v) is 3.91. The number of nitrogens with zero attached hydrogens (tertiary/aromatic N) is 1. The second-order valence-electron chi connectivity index (χ2n) is 2.76. The van der Waals surface area contributed by atoms with Gasteiger partial charge in [-0.25, -0.2) is 4.98 Å². The van der Waals surface area contributed by atoms with Crippen LogP contribution in [0, 0.1) is 3.57 Å². The average molecular weight is 352 g/mol. The first-order valence-corrected chi connectivity index (χ1v) is 6.65. The van der Waals surface area contributed by atoms with Gasteiger partial charge in [-0.05, 0) is 34.7 Å². The highest BCUT2D eigenvalue weighted by molar-refractivity contribution is 14.1. The Labute approximate surface area is 110 Å². The Kier molecular flexibility index (Phi) is 3.82. The van der Waals surface area contributed by atoms with Crippen LogP contribution in [0.5, 0.6) is 10.9 Å². The zero-order valence-corrected chi connectivity index (χ0v) is 11.3. The Hall–Kier alpha value is -0.330. The molecule has 2 nitrogen and oxygen atoms in total. The maximum atomic E-state index is 5.69. The maximum Gasteiger partial charge on any atom is 0.278 e. The van der Waals surface area contributed by atoms with E-state index in [4.69, 9.17) is 16.3 Å². The molecule has 1 heterocycles. The Morgan fingerprint density at radius 2 is 2.20 bits per heavy atom. The minimum Gasteiger partial charge on any atom is -0.430 e. The molecule has 0 aliphatic carbocycles. The number of aromatic nitrogens is 1. The van der Waals surface area contributed by atoms with Crippen molar-refractivity contribution >= 4 is 45.5 Å². The van der Waals surface area contributed by atoms with Crippen LogP contribution in [0.4, 0.5) is 0 Å². The average Bonchev–Trinajstić information content (AvgIpc) is 2.69. The van der Waals surface area contributed by atoms with E-state index >= 15 is 0 Å². The molecule has 78 valence electrons. The fourth-order valence-electron chi connectivity index (χ4n) is 1.02. The molecule has 0 fully saturated rings. The van der Waals surface area contributed by atoms with Gasteiger partial charge in [-0.1, -0.05) is 23.5 Å². The van der Waals surface area contributed by atoms with E-state index in [9.17, 15) is 0 Å². The third kappa shape index (κ3) is 2.83. The second-order valence-corrected chi connectivity index (χ2v) is 5.27. The monoisotopic (exact) mass is 351 g/mol. The standard InChI is InChI=1S/C10H7ClINOS/c11-5-7-6-13-10(15-7)14-9-4-2-1-3-8(9)12/h1-4,6H,5H2. The van der Waals surface area contributed by atoms with Crippen LogP contribution in [-0.2, 0) is 5.88 Å². The zero-order valence-electron chi connectivity index (χ0n) is 7.61. The van der Waals surface area contributed by atoms with Crippen LogP contribution in [0.3, 0.4) is 0 Å². The topological polar surface area (TPSA) is 22.1 Å². The van der Waals surface area contributed by atoms with Gasteiger partial charge in [-0.2, -0.15) is 0 Å². The van der Waals surface area contributed by atoms with E-state index in [1.807, 2.05) is 24.3 Å². The van der Waals surface area contributed by atoms with E-state index in [1.165, 1.54) is 11.3 Å². The van der Waals surface area contributed by atoms with Gasteiger partial charge in [0.2, 0.25) is 0 Å². The van der Waals surface area contributed by atoms with Crippen molar-refractivity contribution in [2.24, 2.45) is 0 Å². The molecule has 0 spiro atoms. The molecule has 5 heteroatoms. The van der Waals surface area contributed by atoms with Crippen LogP contribution in [0.2, 0.25) is 0 Å². The van der Waals surface area contributed by atoms with Crippen molar-refractivity contribution in [3.8, 4) is 10.9 Å². The van der Waals surface area contributed by atoms with Gasteiger partial charge in [-0.3, -0.25) is 0 Å². The molecule has 0 amide bonds. The Morgan fingerprint density at radius 1 is 1.40 bits per heavy atom. The van der Waals surface area contributed by atoms with Gasteiger partial charge < -0.3 is 4.74 Å². The molecule has 0 radical (unpaired) electrons. The molecule has 1 aromatic carbocycles. The number of halogens is 2. The Morgan fingerprint density at radius 3 is 2.87 bits per heavy atom. The van der Waals surface area contributed by atoms with Crippen LogP contribution in [0.1, 0.15) is 4.88 Å². The quantitative estimate of drug-likeness (QED) is 0.608. The van der Waals surface area contributed by atoms with E-state index in [2.05, 4.69) is 27.6 Å². The largest absolute Gasteiger partial charge is 0.430 e. The summed E-state index contributed by atoms with van der Waals surface area (Å²) in [6.45, 7) is 0. The number of thiazole rings is 1. The third-order valence-electron chi connectivity index (χ3n) is 1.70. The van der Waals surface area contributed by atoms with Gasteiger partial charge in [0.1, 0.15) is 5.75 Å². The normalized spacial score (nSPS) is 10.3.